The molecule has 6 rings (SSSR count). The molecule has 5 saturated carbocycles. The van der Waals surface area contributed by atoms with Crippen molar-refractivity contribution in [3.05, 3.63) is 12.2 Å². The number of rotatable bonds is 3. The van der Waals surface area contributed by atoms with E-state index in [1.54, 1.807) is 7.11 Å². The van der Waals surface area contributed by atoms with E-state index in [0.29, 0.717) is 25.7 Å². The Bertz CT molecular complexity index is 1210. The summed E-state index contributed by atoms with van der Waals surface area (Å²) in [6.07, 6.45) is -1.76. The van der Waals surface area contributed by atoms with Crippen molar-refractivity contribution < 1.29 is 49.0 Å². The number of carbonyl (C=O) groups excluding carboxylic acids is 2. The Morgan fingerprint density at radius 1 is 1.02 bits per heavy atom. The van der Waals surface area contributed by atoms with Crippen LogP contribution in [0, 0.1) is 44.8 Å². The molecule has 242 valence electrons. The molecule has 1 aliphatic heterocycles. The smallest absolute Gasteiger partial charge is 0.315 e. The largest absolute Gasteiger partial charge is 0.468 e. The quantitative estimate of drug-likeness (QED) is 0.279. The number of hydrogen-bond donors (Lipinski definition) is 4. The molecular formula is C33H50O10. The molecule has 10 nitrogen and oxygen atoms in total. The maximum atomic E-state index is 14.5. The highest BCUT2D eigenvalue weighted by Gasteiger charge is 2.85. The normalized spacial score (nSPS) is 55.6. The van der Waals surface area contributed by atoms with E-state index in [-0.39, 0.29) is 25.9 Å². The van der Waals surface area contributed by atoms with Gasteiger partial charge in [-0.1, -0.05) is 32.9 Å². The molecule has 5 aliphatic carbocycles. The first-order valence-electron chi connectivity index (χ1n) is 15.9. The highest BCUT2D eigenvalue weighted by molar-refractivity contribution is 5.81. The Labute approximate surface area is 254 Å². The number of aliphatic hydroxyl groups is 4. The monoisotopic (exact) mass is 606 g/mol. The lowest BCUT2D eigenvalue weighted by atomic mass is 9.27. The fraction of sp³-hybridized carbons (Fsp3) is 0.879. The summed E-state index contributed by atoms with van der Waals surface area (Å²) in [7, 11) is 2.91. The summed E-state index contributed by atoms with van der Waals surface area (Å²) in [4.78, 5) is 27.3. The van der Waals surface area contributed by atoms with Crippen LogP contribution >= 0.6 is 0 Å². The van der Waals surface area contributed by atoms with Crippen LogP contribution in [0.15, 0.2) is 12.2 Å². The third-order valence-corrected chi connectivity index (χ3v) is 14.3. The van der Waals surface area contributed by atoms with Crippen LogP contribution in [-0.4, -0.2) is 89.5 Å². The van der Waals surface area contributed by atoms with Crippen molar-refractivity contribution in [3.8, 4) is 0 Å². The standard InChI is InChI=1S/C33H50O10/c1-17-8-9-28(4)10-11-29(5)24-23(43-19(3)34)25(37)31-16-42-27(41-7)30(24,21(31)14-20(35)22(36)18(31)2)12-13-32(29,26(38)40-6)33(28,39)15-17/h18,20-25,27,35-37,39H,1,8-16H2,2-7H3/t18-,20+,21-,22+,23-,24+,25+,27-,28+,29+,30-,31+,32-,33-/m0/s1. The van der Waals surface area contributed by atoms with Gasteiger partial charge in [0.1, 0.15) is 11.5 Å². The summed E-state index contributed by atoms with van der Waals surface area (Å²) < 4.78 is 24.3. The molecule has 6 aliphatic rings. The molecule has 2 bridgehead atoms. The minimum absolute atomic E-state index is 0.0508. The predicted molar refractivity (Wildman–Crippen MR) is 153 cm³/mol. The van der Waals surface area contributed by atoms with Gasteiger partial charge in [-0.25, -0.2) is 0 Å². The summed E-state index contributed by atoms with van der Waals surface area (Å²) >= 11 is 0. The zero-order valence-corrected chi connectivity index (χ0v) is 26.4. The van der Waals surface area contributed by atoms with Crippen LogP contribution < -0.4 is 0 Å². The van der Waals surface area contributed by atoms with Crippen molar-refractivity contribution in [2.45, 2.75) is 115 Å². The first-order valence-corrected chi connectivity index (χ1v) is 15.9. The second-order valence-corrected chi connectivity index (χ2v) is 15.4. The Kier molecular flexibility index (Phi) is 7.10. The van der Waals surface area contributed by atoms with Gasteiger partial charge in [-0.05, 0) is 74.0 Å². The van der Waals surface area contributed by atoms with E-state index in [0.717, 1.165) is 12.0 Å². The molecule has 0 amide bonds. The zero-order chi connectivity index (χ0) is 31.5. The maximum absolute atomic E-state index is 14.5. The molecule has 0 aromatic carbocycles. The van der Waals surface area contributed by atoms with Gasteiger partial charge in [-0.2, -0.15) is 0 Å². The zero-order valence-electron chi connectivity index (χ0n) is 26.4. The Morgan fingerprint density at radius 2 is 1.72 bits per heavy atom. The Balaban J connectivity index is 1.66. The van der Waals surface area contributed by atoms with Gasteiger partial charge in [0.25, 0.3) is 0 Å². The number of aliphatic hydroxyl groups excluding tert-OH is 3. The average Bonchev–Trinajstić information content (AvgIpc) is 2.95. The van der Waals surface area contributed by atoms with Gasteiger partial charge in [-0.3, -0.25) is 9.59 Å². The van der Waals surface area contributed by atoms with Crippen LogP contribution in [0.5, 0.6) is 0 Å². The Morgan fingerprint density at radius 3 is 2.35 bits per heavy atom. The van der Waals surface area contributed by atoms with Gasteiger partial charge >= 0.3 is 11.9 Å². The van der Waals surface area contributed by atoms with Gasteiger partial charge in [0.15, 0.2) is 6.29 Å². The van der Waals surface area contributed by atoms with Gasteiger partial charge in [0, 0.05) is 30.8 Å². The van der Waals surface area contributed by atoms with Crippen molar-refractivity contribution >= 4 is 11.9 Å². The number of ether oxygens (including phenoxy) is 4. The van der Waals surface area contributed by atoms with Crippen molar-refractivity contribution in [1.29, 1.82) is 0 Å². The molecule has 0 unspecified atom stereocenters. The lowest BCUT2D eigenvalue weighted by Crippen LogP contribution is -2.84. The van der Waals surface area contributed by atoms with E-state index in [1.165, 1.54) is 14.0 Å². The van der Waals surface area contributed by atoms with Crippen LogP contribution in [0.1, 0.15) is 79.1 Å². The van der Waals surface area contributed by atoms with Crippen molar-refractivity contribution in [1.82, 2.24) is 0 Å². The molecule has 1 heterocycles. The topological polar surface area (TPSA) is 152 Å². The van der Waals surface area contributed by atoms with Gasteiger partial charge in [0.05, 0.1) is 37.6 Å². The van der Waals surface area contributed by atoms with Gasteiger partial charge < -0.3 is 39.4 Å². The van der Waals surface area contributed by atoms with E-state index in [1.807, 2.05) is 13.8 Å². The highest BCUT2D eigenvalue weighted by Crippen LogP contribution is 2.81. The minimum Gasteiger partial charge on any atom is -0.468 e. The van der Waals surface area contributed by atoms with Crippen LogP contribution in [-0.2, 0) is 28.5 Å². The lowest BCUT2D eigenvalue weighted by molar-refractivity contribution is -0.420. The van der Waals surface area contributed by atoms with E-state index in [9.17, 15) is 30.0 Å². The molecule has 14 atom stereocenters. The van der Waals surface area contributed by atoms with Crippen LogP contribution in [0.2, 0.25) is 0 Å². The summed E-state index contributed by atoms with van der Waals surface area (Å²) in [5.41, 5.74) is -5.68. The van der Waals surface area contributed by atoms with E-state index >= 15 is 0 Å². The minimum atomic E-state index is -1.51. The van der Waals surface area contributed by atoms with Crippen LogP contribution in [0.4, 0.5) is 0 Å². The second-order valence-electron chi connectivity index (χ2n) is 15.4. The van der Waals surface area contributed by atoms with E-state index in [2.05, 4.69) is 13.5 Å². The van der Waals surface area contributed by atoms with Gasteiger partial charge in [-0.15, -0.1) is 0 Å². The third kappa shape index (κ3) is 3.41. The predicted octanol–water partition coefficient (Wildman–Crippen LogP) is 2.49. The van der Waals surface area contributed by atoms with Crippen LogP contribution in [0.3, 0.4) is 0 Å². The SMILES string of the molecule is C=C1CC[C@]2(C)CC[C@]3(C)[C@H]4[C@H](OC(C)=O)[C@@H](O)[C@@]56CO[C@H](OC)[C@@]4(CC[C@@]3(C(=O)OC)[C@]2(O)C1)[C@@H]5C[C@@H](O)[C@H](O)[C@@H]6C. The molecule has 1 saturated heterocycles. The molecule has 1 spiro atoms. The number of methoxy groups -OCH3 is 2. The molecule has 0 radical (unpaired) electrons. The van der Waals surface area contributed by atoms with E-state index < -0.39 is 93.1 Å². The summed E-state index contributed by atoms with van der Waals surface area (Å²) in [6, 6.07) is 0. The molecule has 0 aromatic heterocycles. The van der Waals surface area contributed by atoms with Crippen molar-refractivity contribution in [2.75, 3.05) is 20.8 Å². The first-order chi connectivity index (χ1) is 20.1. The first kappa shape index (κ1) is 31.4. The van der Waals surface area contributed by atoms with E-state index in [4.69, 9.17) is 18.9 Å². The highest BCUT2D eigenvalue weighted by atomic mass is 16.7. The second kappa shape index (κ2) is 9.72. The maximum Gasteiger partial charge on any atom is 0.315 e. The molecule has 0 aromatic rings. The molecule has 43 heavy (non-hydrogen) atoms. The fourth-order valence-corrected chi connectivity index (χ4v) is 12.3. The summed E-state index contributed by atoms with van der Waals surface area (Å²) in [5.74, 6) is -2.79. The van der Waals surface area contributed by atoms with Crippen molar-refractivity contribution in [3.63, 3.8) is 0 Å². The molecule has 6 fully saturated rings. The number of hydrogen-bond acceptors (Lipinski definition) is 10. The summed E-state index contributed by atoms with van der Waals surface area (Å²) in [6.45, 7) is 11.5. The average molecular weight is 607 g/mol. The van der Waals surface area contributed by atoms with Crippen LogP contribution in [0.25, 0.3) is 0 Å². The molecule has 10 heteroatoms. The van der Waals surface area contributed by atoms with Gasteiger partial charge in [0.2, 0.25) is 0 Å². The molecular weight excluding hydrogens is 556 g/mol. The number of fused-ring (bicyclic) bond motifs is 4. The number of carbonyl (C=O) groups is 2. The molecule has 4 N–H and O–H groups in total. The van der Waals surface area contributed by atoms with Crippen molar-refractivity contribution in [2.24, 2.45) is 44.8 Å². The summed E-state index contributed by atoms with van der Waals surface area (Å²) in [5, 5.41) is 47.9. The lowest BCUT2D eigenvalue weighted by Gasteiger charge is -2.79. The number of esters is 2. The fourth-order valence-electron chi connectivity index (χ4n) is 12.3. The Hall–Kier alpha value is -1.56. The third-order valence-electron chi connectivity index (χ3n) is 14.3.